The topological polar surface area (TPSA) is 53.1 Å². The highest BCUT2D eigenvalue weighted by Crippen LogP contribution is 2.18. The molecule has 116 valence electrons. The monoisotopic (exact) mass is 328 g/mol. The van der Waals surface area contributed by atoms with Crippen LogP contribution < -0.4 is 5.32 Å². The van der Waals surface area contributed by atoms with Gasteiger partial charge in [0.05, 0.1) is 30.1 Å². The third-order valence-electron chi connectivity index (χ3n) is 3.20. The quantitative estimate of drug-likeness (QED) is 0.624. The minimum atomic E-state index is -0.0111. The number of hydrogen-bond donors (Lipinski definition) is 2. The number of rotatable bonds is 5. The Morgan fingerprint density at radius 3 is 2.43 bits per heavy atom. The highest BCUT2D eigenvalue weighted by Gasteiger charge is 2.10. The van der Waals surface area contributed by atoms with E-state index in [4.69, 9.17) is 0 Å². The summed E-state index contributed by atoms with van der Waals surface area (Å²) in [5, 5.41) is 3.19. The van der Waals surface area contributed by atoms with Gasteiger partial charge in [0.15, 0.2) is 0 Å². The molecular weight excluding hydrogens is 307 g/mol. The number of benzene rings is 1. The molecule has 4 nitrogen and oxygen atoms in total. The molecule has 6 heteroatoms. The van der Waals surface area contributed by atoms with E-state index in [1.165, 1.54) is 0 Å². The van der Waals surface area contributed by atoms with Crippen molar-refractivity contribution >= 4 is 36.8 Å². The highest BCUT2D eigenvalue weighted by molar-refractivity contribution is 5.85. The van der Waals surface area contributed by atoms with Crippen LogP contribution >= 0.6 is 24.8 Å². The molecule has 0 saturated carbocycles. The molecule has 0 bridgehead atoms. The number of aromatic amines is 1. The van der Waals surface area contributed by atoms with Crippen LogP contribution in [0.4, 0.5) is 5.69 Å². The first-order chi connectivity index (χ1) is 9.11. The third-order valence-corrected chi connectivity index (χ3v) is 3.20. The SMILES string of the molecule is CCC(C)(C)N=CNc1ccc(-c2cnc[nH]2)cc1.Cl.Cl. The molecule has 2 rings (SSSR count). The van der Waals surface area contributed by atoms with E-state index in [9.17, 15) is 0 Å². The van der Waals surface area contributed by atoms with Crippen molar-refractivity contribution in [3.8, 4) is 11.3 Å². The Hall–Kier alpha value is -1.52. The first-order valence-corrected chi connectivity index (χ1v) is 6.50. The lowest BCUT2D eigenvalue weighted by atomic mass is 10.0. The van der Waals surface area contributed by atoms with Crippen LogP contribution in [0.2, 0.25) is 0 Å². The van der Waals surface area contributed by atoms with E-state index in [1.807, 2.05) is 18.3 Å². The highest BCUT2D eigenvalue weighted by atomic mass is 35.5. The van der Waals surface area contributed by atoms with E-state index >= 15 is 0 Å². The maximum Gasteiger partial charge on any atom is 0.0924 e. The summed E-state index contributed by atoms with van der Waals surface area (Å²) in [6, 6.07) is 8.16. The van der Waals surface area contributed by atoms with Gasteiger partial charge >= 0.3 is 0 Å². The van der Waals surface area contributed by atoms with Crippen LogP contribution in [0.1, 0.15) is 27.2 Å². The van der Waals surface area contributed by atoms with Crippen LogP contribution in [0.25, 0.3) is 11.3 Å². The Bertz CT molecular complexity index is 533. The summed E-state index contributed by atoms with van der Waals surface area (Å²) in [5.74, 6) is 0. The number of H-pyrrole nitrogens is 1. The number of aromatic nitrogens is 2. The van der Waals surface area contributed by atoms with Crippen molar-refractivity contribution in [2.24, 2.45) is 4.99 Å². The number of hydrogen-bond acceptors (Lipinski definition) is 2. The lowest BCUT2D eigenvalue weighted by Gasteiger charge is -2.16. The minimum Gasteiger partial charge on any atom is -0.347 e. The molecule has 0 spiro atoms. The summed E-state index contributed by atoms with van der Waals surface area (Å²) in [5.41, 5.74) is 3.16. The van der Waals surface area contributed by atoms with Crippen molar-refractivity contribution in [1.29, 1.82) is 0 Å². The lowest BCUT2D eigenvalue weighted by Crippen LogP contribution is -2.16. The van der Waals surface area contributed by atoms with Crippen molar-refractivity contribution in [3.63, 3.8) is 0 Å². The molecular formula is C15H22Cl2N4. The predicted molar refractivity (Wildman–Crippen MR) is 95.0 cm³/mol. The first kappa shape index (κ1) is 19.5. The van der Waals surface area contributed by atoms with Gasteiger partial charge in [-0.1, -0.05) is 19.1 Å². The summed E-state index contributed by atoms with van der Waals surface area (Å²) < 4.78 is 0. The van der Waals surface area contributed by atoms with Crippen LogP contribution in [0, 0.1) is 0 Å². The van der Waals surface area contributed by atoms with Gasteiger partial charge in [0.1, 0.15) is 0 Å². The molecule has 2 aromatic rings. The van der Waals surface area contributed by atoms with E-state index < -0.39 is 0 Å². The van der Waals surface area contributed by atoms with E-state index in [0.717, 1.165) is 23.4 Å². The van der Waals surface area contributed by atoms with Crippen LogP contribution in [0.15, 0.2) is 41.8 Å². The normalized spacial score (nSPS) is 10.8. The van der Waals surface area contributed by atoms with E-state index in [1.54, 1.807) is 12.7 Å². The molecule has 1 aromatic carbocycles. The molecule has 1 aromatic heterocycles. The molecule has 0 unspecified atom stereocenters. The van der Waals surface area contributed by atoms with Gasteiger partial charge in [-0.2, -0.15) is 0 Å². The fraction of sp³-hybridized carbons (Fsp3) is 0.333. The first-order valence-electron chi connectivity index (χ1n) is 6.50. The number of halogens is 2. The van der Waals surface area contributed by atoms with Gasteiger partial charge in [-0.15, -0.1) is 24.8 Å². The number of anilines is 1. The Kier molecular flexibility index (Phi) is 8.07. The largest absolute Gasteiger partial charge is 0.347 e. The van der Waals surface area contributed by atoms with Crippen molar-refractivity contribution in [3.05, 3.63) is 36.8 Å². The smallest absolute Gasteiger partial charge is 0.0924 e. The summed E-state index contributed by atoms with van der Waals surface area (Å²) >= 11 is 0. The zero-order valence-corrected chi connectivity index (χ0v) is 14.1. The number of nitrogens with one attached hydrogen (secondary N) is 2. The summed E-state index contributed by atoms with van der Waals surface area (Å²) in [6.07, 6.45) is 6.29. The van der Waals surface area contributed by atoms with Gasteiger partial charge in [0, 0.05) is 5.69 Å². The van der Waals surface area contributed by atoms with Crippen molar-refractivity contribution in [2.75, 3.05) is 5.32 Å². The van der Waals surface area contributed by atoms with Gasteiger partial charge in [-0.3, -0.25) is 4.99 Å². The molecule has 1 heterocycles. The molecule has 0 aliphatic carbocycles. The van der Waals surface area contributed by atoms with Crippen LogP contribution in [-0.4, -0.2) is 21.8 Å². The Balaban J connectivity index is 0.00000200. The maximum absolute atomic E-state index is 4.49. The molecule has 2 N–H and O–H groups in total. The van der Waals surface area contributed by atoms with Crippen LogP contribution in [0.5, 0.6) is 0 Å². The number of nitrogens with zero attached hydrogens (tertiary/aromatic N) is 2. The third kappa shape index (κ3) is 5.78. The number of imidazole rings is 1. The zero-order valence-electron chi connectivity index (χ0n) is 12.5. The summed E-state index contributed by atoms with van der Waals surface area (Å²) in [4.78, 5) is 11.6. The Morgan fingerprint density at radius 2 is 1.90 bits per heavy atom. The molecule has 0 aliphatic heterocycles. The standard InChI is InChI=1S/C15H20N4.2ClH/c1-4-15(2,3)19-11-17-13-7-5-12(6-8-13)14-9-16-10-18-14;;/h5-11H,4H2,1-3H3,(H,16,18)(H,17,19);2*1H. The fourth-order valence-electron chi connectivity index (χ4n) is 1.53. The van der Waals surface area contributed by atoms with Crippen LogP contribution in [0.3, 0.4) is 0 Å². The van der Waals surface area contributed by atoms with Gasteiger partial charge in [-0.05, 0) is 38.0 Å². The van der Waals surface area contributed by atoms with Crippen LogP contribution in [-0.2, 0) is 0 Å². The molecule has 0 amide bonds. The molecule has 0 fully saturated rings. The summed E-state index contributed by atoms with van der Waals surface area (Å²) in [7, 11) is 0. The average Bonchev–Trinajstić information content (AvgIpc) is 2.93. The second kappa shape index (κ2) is 8.70. The van der Waals surface area contributed by atoms with Gasteiger partial charge < -0.3 is 10.3 Å². The van der Waals surface area contributed by atoms with E-state index in [-0.39, 0.29) is 30.4 Å². The van der Waals surface area contributed by atoms with Crippen molar-refractivity contribution < 1.29 is 0 Å². The predicted octanol–water partition coefficient (Wildman–Crippen LogP) is 4.55. The zero-order chi connectivity index (χ0) is 13.7. The molecule has 0 radical (unpaired) electrons. The van der Waals surface area contributed by atoms with Gasteiger partial charge in [-0.25, -0.2) is 4.98 Å². The van der Waals surface area contributed by atoms with Gasteiger partial charge in [0.25, 0.3) is 0 Å². The fourth-order valence-corrected chi connectivity index (χ4v) is 1.53. The minimum absolute atomic E-state index is 0. The molecule has 0 saturated heterocycles. The lowest BCUT2D eigenvalue weighted by molar-refractivity contribution is 0.507. The summed E-state index contributed by atoms with van der Waals surface area (Å²) in [6.45, 7) is 6.37. The van der Waals surface area contributed by atoms with E-state index in [2.05, 4.69) is 53.2 Å². The van der Waals surface area contributed by atoms with E-state index in [0.29, 0.717) is 0 Å². The maximum atomic E-state index is 4.49. The molecule has 0 atom stereocenters. The average molecular weight is 329 g/mol. The molecule has 0 aliphatic rings. The Morgan fingerprint density at radius 1 is 1.24 bits per heavy atom. The van der Waals surface area contributed by atoms with Crippen molar-refractivity contribution in [2.45, 2.75) is 32.7 Å². The second-order valence-corrected chi connectivity index (χ2v) is 5.11. The van der Waals surface area contributed by atoms with Gasteiger partial charge in [0.2, 0.25) is 0 Å². The second-order valence-electron chi connectivity index (χ2n) is 5.11. The Labute approximate surface area is 138 Å². The number of aliphatic imine (C=N–C) groups is 1. The molecule has 21 heavy (non-hydrogen) atoms. The van der Waals surface area contributed by atoms with Crippen molar-refractivity contribution in [1.82, 2.24) is 9.97 Å².